The van der Waals surface area contributed by atoms with Crippen molar-refractivity contribution in [3.8, 4) is 0 Å². The monoisotopic (exact) mass is 264 g/mol. The predicted molar refractivity (Wildman–Crippen MR) is 61.7 cm³/mol. The summed E-state index contributed by atoms with van der Waals surface area (Å²) in [5.74, 6) is 0.419. The molecule has 0 unspecified atom stereocenters. The Balaban J connectivity index is 3.29. The molecule has 0 amide bonds. The molecule has 0 spiro atoms. The lowest BCUT2D eigenvalue weighted by Gasteiger charge is -2.13. The van der Waals surface area contributed by atoms with Gasteiger partial charge in [-0.25, -0.2) is 4.99 Å². The largest absolute Gasteiger partial charge is 0.418 e. The number of alkyl halides is 3. The predicted octanol–water partition coefficient (Wildman–Crippen LogP) is 3.21. The van der Waals surface area contributed by atoms with Crippen molar-refractivity contribution in [2.24, 2.45) is 4.99 Å². The molecule has 0 saturated carbocycles. The maximum Gasteiger partial charge on any atom is 0.418 e. The second kappa shape index (κ2) is 5.92. The minimum Gasteiger partial charge on any atom is -0.290 e. The van der Waals surface area contributed by atoms with Gasteiger partial charge in [0, 0.05) is 5.75 Å². The zero-order valence-electron chi connectivity index (χ0n) is 8.95. The van der Waals surface area contributed by atoms with E-state index in [1.807, 2.05) is 0 Å². The normalized spacial score (nSPS) is 12.1. The summed E-state index contributed by atoms with van der Waals surface area (Å²) in [5, 5.41) is 8.36. The first kappa shape index (κ1) is 13.9. The Morgan fingerprint density at radius 1 is 1.47 bits per heavy atom. The maximum absolute atomic E-state index is 12.7. The van der Waals surface area contributed by atoms with Gasteiger partial charge in [-0.05, 0) is 17.9 Å². The van der Waals surface area contributed by atoms with Gasteiger partial charge in [0.15, 0.2) is 0 Å². The molecule has 0 bridgehead atoms. The fourth-order valence-electron chi connectivity index (χ4n) is 1.34. The average Bonchev–Trinajstić information content (AvgIpc) is 2.26. The van der Waals surface area contributed by atoms with Gasteiger partial charge in [-0.2, -0.15) is 24.9 Å². The van der Waals surface area contributed by atoms with Gasteiger partial charge < -0.3 is 0 Å². The SMILES string of the molecule is CSCc1cccc(C(F)(F)F)c1N=CNO. The fourth-order valence-corrected chi connectivity index (χ4v) is 1.88. The van der Waals surface area contributed by atoms with Crippen LogP contribution in [-0.2, 0) is 11.9 Å². The number of rotatable bonds is 4. The van der Waals surface area contributed by atoms with E-state index in [2.05, 4.69) is 4.99 Å². The Morgan fingerprint density at radius 3 is 2.71 bits per heavy atom. The zero-order valence-corrected chi connectivity index (χ0v) is 9.77. The van der Waals surface area contributed by atoms with Gasteiger partial charge in [0.25, 0.3) is 0 Å². The van der Waals surface area contributed by atoms with Crippen molar-refractivity contribution in [1.29, 1.82) is 0 Å². The van der Waals surface area contributed by atoms with Crippen molar-refractivity contribution in [2.45, 2.75) is 11.9 Å². The number of hydroxylamine groups is 1. The number of para-hydroxylation sites is 1. The summed E-state index contributed by atoms with van der Waals surface area (Å²) >= 11 is 1.40. The number of halogens is 3. The number of hydrogen-bond donors (Lipinski definition) is 2. The number of benzene rings is 1. The molecule has 0 saturated heterocycles. The molecule has 1 aromatic rings. The Kier molecular flexibility index (Phi) is 4.83. The number of thioether (sulfide) groups is 1. The molecule has 7 heteroatoms. The Morgan fingerprint density at radius 2 is 2.18 bits per heavy atom. The van der Waals surface area contributed by atoms with Crippen LogP contribution < -0.4 is 5.48 Å². The third-order valence-corrected chi connectivity index (χ3v) is 2.58. The van der Waals surface area contributed by atoms with E-state index in [9.17, 15) is 13.2 Å². The molecule has 94 valence electrons. The summed E-state index contributed by atoms with van der Waals surface area (Å²) in [7, 11) is 0. The van der Waals surface area contributed by atoms with Gasteiger partial charge in [0.05, 0.1) is 11.3 Å². The van der Waals surface area contributed by atoms with Crippen LogP contribution in [0.25, 0.3) is 0 Å². The molecule has 0 aliphatic carbocycles. The van der Waals surface area contributed by atoms with Crippen LogP contribution in [0.15, 0.2) is 23.2 Å². The van der Waals surface area contributed by atoms with Crippen LogP contribution in [0.1, 0.15) is 11.1 Å². The van der Waals surface area contributed by atoms with Gasteiger partial charge in [-0.3, -0.25) is 10.7 Å². The maximum atomic E-state index is 12.7. The van der Waals surface area contributed by atoms with E-state index in [1.54, 1.807) is 17.8 Å². The van der Waals surface area contributed by atoms with Gasteiger partial charge in [-0.1, -0.05) is 12.1 Å². The standard InChI is InChI=1S/C10H11F3N2OS/c1-17-5-7-3-2-4-8(10(11,12)13)9(7)14-6-15-16/h2-4,6,16H,5H2,1H3,(H,14,15). The molecule has 2 N–H and O–H groups in total. The summed E-state index contributed by atoms with van der Waals surface area (Å²) in [6, 6.07) is 3.89. The van der Waals surface area contributed by atoms with Crippen LogP contribution >= 0.6 is 11.8 Å². The second-order valence-corrected chi connectivity index (χ2v) is 4.00. The molecule has 1 rings (SSSR count). The highest BCUT2D eigenvalue weighted by Crippen LogP contribution is 2.38. The molecule has 0 aliphatic heterocycles. The molecule has 3 nitrogen and oxygen atoms in total. The lowest BCUT2D eigenvalue weighted by molar-refractivity contribution is -0.137. The quantitative estimate of drug-likeness (QED) is 0.498. The van der Waals surface area contributed by atoms with E-state index in [0.717, 1.165) is 12.4 Å². The van der Waals surface area contributed by atoms with Gasteiger partial charge >= 0.3 is 6.18 Å². The Labute approximate surface area is 101 Å². The highest BCUT2D eigenvalue weighted by atomic mass is 32.2. The van der Waals surface area contributed by atoms with Crippen LogP contribution in [0.5, 0.6) is 0 Å². The summed E-state index contributed by atoms with van der Waals surface area (Å²) in [6.45, 7) is 0. The minimum absolute atomic E-state index is 0.170. The van der Waals surface area contributed by atoms with Gasteiger partial charge in [-0.15, -0.1) is 0 Å². The van der Waals surface area contributed by atoms with E-state index < -0.39 is 11.7 Å². The van der Waals surface area contributed by atoms with Crippen molar-refractivity contribution in [3.63, 3.8) is 0 Å². The highest BCUT2D eigenvalue weighted by Gasteiger charge is 2.34. The number of aliphatic imine (C=N–C) groups is 1. The highest BCUT2D eigenvalue weighted by molar-refractivity contribution is 7.97. The molecule has 1 aromatic carbocycles. The molecule has 0 heterocycles. The summed E-state index contributed by atoms with van der Waals surface area (Å²) in [6.07, 6.45) is -1.86. The van der Waals surface area contributed by atoms with E-state index in [4.69, 9.17) is 5.21 Å². The van der Waals surface area contributed by atoms with Crippen LogP contribution in [0.3, 0.4) is 0 Å². The summed E-state index contributed by atoms with van der Waals surface area (Å²) < 4.78 is 38.2. The van der Waals surface area contributed by atoms with Crippen molar-refractivity contribution in [1.82, 2.24) is 5.48 Å². The van der Waals surface area contributed by atoms with Crippen LogP contribution in [0.4, 0.5) is 18.9 Å². The van der Waals surface area contributed by atoms with Crippen molar-refractivity contribution in [3.05, 3.63) is 29.3 Å². The Bertz CT molecular complexity index is 407. The van der Waals surface area contributed by atoms with Crippen LogP contribution in [-0.4, -0.2) is 17.8 Å². The van der Waals surface area contributed by atoms with E-state index in [-0.39, 0.29) is 5.69 Å². The number of nitrogens with one attached hydrogen (secondary N) is 1. The van der Waals surface area contributed by atoms with Gasteiger partial charge in [0.2, 0.25) is 0 Å². The molecular formula is C10H11F3N2OS. The fraction of sp³-hybridized carbons (Fsp3) is 0.300. The van der Waals surface area contributed by atoms with E-state index in [1.165, 1.54) is 17.8 Å². The Hall–Kier alpha value is -1.21. The number of nitrogens with zero attached hydrogens (tertiary/aromatic N) is 1. The average molecular weight is 264 g/mol. The molecule has 0 radical (unpaired) electrons. The summed E-state index contributed by atoms with van der Waals surface area (Å²) in [4.78, 5) is 3.59. The first-order valence-electron chi connectivity index (χ1n) is 4.61. The third kappa shape index (κ3) is 3.64. The molecular weight excluding hydrogens is 253 g/mol. The topological polar surface area (TPSA) is 44.6 Å². The molecule has 0 fully saturated rings. The van der Waals surface area contributed by atoms with E-state index in [0.29, 0.717) is 11.3 Å². The van der Waals surface area contributed by atoms with Crippen LogP contribution in [0, 0.1) is 0 Å². The minimum atomic E-state index is -4.46. The van der Waals surface area contributed by atoms with Crippen molar-refractivity contribution >= 4 is 23.8 Å². The smallest absolute Gasteiger partial charge is 0.290 e. The lowest BCUT2D eigenvalue weighted by Crippen LogP contribution is -2.08. The third-order valence-electron chi connectivity index (χ3n) is 1.98. The van der Waals surface area contributed by atoms with Gasteiger partial charge in [0.1, 0.15) is 6.34 Å². The van der Waals surface area contributed by atoms with Crippen LogP contribution in [0.2, 0.25) is 0 Å². The van der Waals surface area contributed by atoms with Crippen molar-refractivity contribution < 1.29 is 18.4 Å². The van der Waals surface area contributed by atoms with E-state index >= 15 is 0 Å². The second-order valence-electron chi connectivity index (χ2n) is 3.13. The van der Waals surface area contributed by atoms with Crippen molar-refractivity contribution in [2.75, 3.05) is 6.26 Å². The first-order valence-corrected chi connectivity index (χ1v) is 6.00. The first-order chi connectivity index (χ1) is 8.00. The molecule has 17 heavy (non-hydrogen) atoms. The molecule has 0 atom stereocenters. The number of hydrogen-bond acceptors (Lipinski definition) is 3. The zero-order chi connectivity index (χ0) is 12.9. The lowest BCUT2D eigenvalue weighted by atomic mass is 10.1. The molecule has 0 aliphatic rings. The summed E-state index contributed by atoms with van der Waals surface area (Å²) in [5.41, 5.74) is 1.09. The molecule has 0 aromatic heterocycles.